The minimum atomic E-state index is -0.882. The molecule has 1 fully saturated rings. The first-order valence-corrected chi connectivity index (χ1v) is 6.38. The van der Waals surface area contributed by atoms with Crippen molar-refractivity contribution in [3.05, 3.63) is 12.2 Å². The molecule has 0 aromatic rings. The van der Waals surface area contributed by atoms with Crippen LogP contribution in [0.5, 0.6) is 0 Å². The second kappa shape index (κ2) is 5.99. The van der Waals surface area contributed by atoms with Crippen LogP contribution in [0.15, 0.2) is 12.2 Å². The van der Waals surface area contributed by atoms with Gasteiger partial charge in [-0.05, 0) is 39.5 Å². The lowest BCUT2D eigenvalue weighted by atomic mass is 9.69. The summed E-state index contributed by atoms with van der Waals surface area (Å²) in [4.78, 5) is 24.2. The molecule has 0 aromatic heterocycles. The van der Waals surface area contributed by atoms with Gasteiger partial charge in [0.1, 0.15) is 11.2 Å². The third-order valence-corrected chi connectivity index (χ3v) is 3.44. The van der Waals surface area contributed by atoms with E-state index in [0.717, 1.165) is 18.4 Å². The van der Waals surface area contributed by atoms with Gasteiger partial charge in [0.05, 0.1) is 6.61 Å². The van der Waals surface area contributed by atoms with E-state index in [9.17, 15) is 9.59 Å². The minimum absolute atomic E-state index is 0.0588. The molecule has 3 nitrogen and oxygen atoms in total. The van der Waals surface area contributed by atoms with Gasteiger partial charge in [-0.15, -0.1) is 6.58 Å². The van der Waals surface area contributed by atoms with Gasteiger partial charge in [0.2, 0.25) is 0 Å². The highest BCUT2D eigenvalue weighted by Gasteiger charge is 2.47. The maximum Gasteiger partial charge on any atom is 0.319 e. The van der Waals surface area contributed by atoms with Gasteiger partial charge in [-0.1, -0.05) is 12.0 Å². The zero-order valence-corrected chi connectivity index (χ0v) is 10.9. The molecule has 1 atom stereocenters. The van der Waals surface area contributed by atoms with Gasteiger partial charge in [0, 0.05) is 6.42 Å². The van der Waals surface area contributed by atoms with E-state index < -0.39 is 5.41 Å². The van der Waals surface area contributed by atoms with Gasteiger partial charge in [-0.3, -0.25) is 9.59 Å². The van der Waals surface area contributed by atoms with E-state index in [0.29, 0.717) is 32.3 Å². The van der Waals surface area contributed by atoms with Crippen LogP contribution in [0, 0.1) is 5.41 Å². The van der Waals surface area contributed by atoms with Crippen LogP contribution < -0.4 is 0 Å². The summed E-state index contributed by atoms with van der Waals surface area (Å²) in [5, 5.41) is 0. The molecule has 0 heterocycles. The molecule has 1 aliphatic rings. The fraction of sp³-hybridized carbons (Fsp3) is 0.714. The van der Waals surface area contributed by atoms with Crippen LogP contribution in [0.2, 0.25) is 0 Å². The molecule has 0 N–H and O–H groups in total. The second-order valence-electron chi connectivity index (χ2n) is 4.89. The maximum absolute atomic E-state index is 12.1. The van der Waals surface area contributed by atoms with E-state index in [4.69, 9.17) is 4.74 Å². The molecule has 1 saturated carbocycles. The summed E-state index contributed by atoms with van der Waals surface area (Å²) >= 11 is 0. The molecule has 0 saturated heterocycles. The van der Waals surface area contributed by atoms with Crippen molar-refractivity contribution in [2.24, 2.45) is 5.41 Å². The van der Waals surface area contributed by atoms with Gasteiger partial charge in [0.15, 0.2) is 0 Å². The number of ether oxygens (including phenoxy) is 1. The first-order valence-electron chi connectivity index (χ1n) is 6.38. The number of esters is 1. The van der Waals surface area contributed by atoms with Gasteiger partial charge in [-0.2, -0.15) is 0 Å². The Morgan fingerprint density at radius 3 is 2.71 bits per heavy atom. The molecule has 0 spiro atoms. The topological polar surface area (TPSA) is 43.4 Å². The van der Waals surface area contributed by atoms with Crippen LogP contribution in [0.25, 0.3) is 0 Å². The van der Waals surface area contributed by atoms with Crippen LogP contribution in [0.1, 0.15) is 52.4 Å². The molecular formula is C14H22O3. The van der Waals surface area contributed by atoms with E-state index in [1.165, 1.54) is 0 Å². The van der Waals surface area contributed by atoms with E-state index in [2.05, 4.69) is 6.58 Å². The number of carbonyl (C=O) groups is 2. The lowest BCUT2D eigenvalue weighted by Gasteiger charge is -2.33. The number of hydrogen-bond acceptors (Lipinski definition) is 3. The Bertz CT molecular complexity index is 319. The predicted octanol–water partition coefficient (Wildman–Crippen LogP) is 3.04. The molecule has 96 valence electrons. The quantitative estimate of drug-likeness (QED) is 0.420. The van der Waals surface area contributed by atoms with Crippen LogP contribution in [0.3, 0.4) is 0 Å². The van der Waals surface area contributed by atoms with Gasteiger partial charge < -0.3 is 4.74 Å². The maximum atomic E-state index is 12.1. The molecule has 0 aliphatic heterocycles. The standard InChI is InChI=1S/C14H22O3/c1-4-17-13(16)14(10-8-11(2)3)9-6-5-7-12(14)15/h2,4-10H2,1,3H3. The number of allylic oxidation sites excluding steroid dienone is 1. The van der Waals surface area contributed by atoms with Crippen LogP contribution in [-0.4, -0.2) is 18.4 Å². The Labute approximate surface area is 103 Å². The molecule has 17 heavy (non-hydrogen) atoms. The van der Waals surface area contributed by atoms with Crippen LogP contribution >= 0.6 is 0 Å². The van der Waals surface area contributed by atoms with E-state index in [1.807, 2.05) is 6.92 Å². The Kier molecular flexibility index (Phi) is 4.91. The van der Waals surface area contributed by atoms with Crippen molar-refractivity contribution in [3.8, 4) is 0 Å². The number of ketones is 1. The highest BCUT2D eigenvalue weighted by Crippen LogP contribution is 2.39. The molecule has 0 bridgehead atoms. The highest BCUT2D eigenvalue weighted by atomic mass is 16.5. The van der Waals surface area contributed by atoms with Crippen LogP contribution in [0.4, 0.5) is 0 Å². The van der Waals surface area contributed by atoms with Crippen LogP contribution in [-0.2, 0) is 14.3 Å². The molecule has 0 aromatic carbocycles. The number of carbonyl (C=O) groups excluding carboxylic acids is 2. The number of hydrogen-bond donors (Lipinski definition) is 0. The van der Waals surface area contributed by atoms with Gasteiger partial charge in [-0.25, -0.2) is 0 Å². The van der Waals surface area contributed by atoms with Crippen molar-refractivity contribution in [2.45, 2.75) is 52.4 Å². The monoisotopic (exact) mass is 238 g/mol. The first-order chi connectivity index (χ1) is 8.03. The summed E-state index contributed by atoms with van der Waals surface area (Å²) in [5.41, 5.74) is 0.125. The summed E-state index contributed by atoms with van der Waals surface area (Å²) in [6, 6.07) is 0. The SMILES string of the molecule is C=C(C)CCC1(C(=O)OCC)CCCCC1=O. The summed E-state index contributed by atoms with van der Waals surface area (Å²) in [6.07, 6.45) is 4.24. The zero-order chi connectivity index (χ0) is 12.9. The Morgan fingerprint density at radius 2 is 2.18 bits per heavy atom. The first kappa shape index (κ1) is 13.9. The average Bonchev–Trinajstić information content (AvgIpc) is 2.28. The van der Waals surface area contributed by atoms with E-state index in [1.54, 1.807) is 6.92 Å². The third-order valence-electron chi connectivity index (χ3n) is 3.44. The van der Waals surface area contributed by atoms with Crippen molar-refractivity contribution in [3.63, 3.8) is 0 Å². The van der Waals surface area contributed by atoms with Gasteiger partial charge >= 0.3 is 5.97 Å². The normalized spacial score (nSPS) is 24.5. The van der Waals surface area contributed by atoms with Crippen molar-refractivity contribution < 1.29 is 14.3 Å². The Morgan fingerprint density at radius 1 is 1.47 bits per heavy atom. The molecule has 3 heteroatoms. The second-order valence-corrected chi connectivity index (χ2v) is 4.89. The smallest absolute Gasteiger partial charge is 0.319 e. The molecule has 0 amide bonds. The number of Topliss-reactive ketones (excluding diaryl/α,β-unsaturated/α-hetero) is 1. The number of rotatable bonds is 5. The lowest BCUT2D eigenvalue weighted by molar-refractivity contribution is -0.162. The van der Waals surface area contributed by atoms with Crippen molar-refractivity contribution >= 4 is 11.8 Å². The Balaban J connectivity index is 2.85. The summed E-state index contributed by atoms with van der Waals surface area (Å²) in [5.74, 6) is -0.269. The molecule has 1 unspecified atom stereocenters. The molecule has 1 rings (SSSR count). The summed E-state index contributed by atoms with van der Waals surface area (Å²) in [6.45, 7) is 7.87. The molecule has 0 radical (unpaired) electrons. The summed E-state index contributed by atoms with van der Waals surface area (Å²) in [7, 11) is 0. The van der Waals surface area contributed by atoms with Crippen molar-refractivity contribution in [1.82, 2.24) is 0 Å². The van der Waals surface area contributed by atoms with E-state index in [-0.39, 0.29) is 11.8 Å². The van der Waals surface area contributed by atoms with E-state index >= 15 is 0 Å². The average molecular weight is 238 g/mol. The van der Waals surface area contributed by atoms with Crippen molar-refractivity contribution in [1.29, 1.82) is 0 Å². The molecule has 1 aliphatic carbocycles. The molecular weight excluding hydrogens is 216 g/mol. The lowest BCUT2D eigenvalue weighted by Crippen LogP contribution is -2.43. The van der Waals surface area contributed by atoms with Crippen molar-refractivity contribution in [2.75, 3.05) is 6.61 Å². The largest absolute Gasteiger partial charge is 0.465 e. The Hall–Kier alpha value is -1.12. The fourth-order valence-electron chi connectivity index (χ4n) is 2.37. The summed E-state index contributed by atoms with van der Waals surface area (Å²) < 4.78 is 5.10. The zero-order valence-electron chi connectivity index (χ0n) is 10.9. The highest BCUT2D eigenvalue weighted by molar-refractivity contribution is 6.04. The predicted molar refractivity (Wildman–Crippen MR) is 66.6 cm³/mol. The minimum Gasteiger partial charge on any atom is -0.465 e. The fourth-order valence-corrected chi connectivity index (χ4v) is 2.37. The third kappa shape index (κ3) is 3.18. The van der Waals surface area contributed by atoms with Gasteiger partial charge in [0.25, 0.3) is 0 Å².